The summed E-state index contributed by atoms with van der Waals surface area (Å²) < 4.78 is 5.47. The van der Waals surface area contributed by atoms with Crippen molar-refractivity contribution >= 4 is 0 Å². The summed E-state index contributed by atoms with van der Waals surface area (Å²) in [6.07, 6.45) is 3.79. The number of nitrogens with two attached hydrogens (primary N) is 1. The van der Waals surface area contributed by atoms with Gasteiger partial charge in [-0.2, -0.15) is 0 Å². The van der Waals surface area contributed by atoms with Crippen molar-refractivity contribution < 1.29 is 4.74 Å². The molecule has 0 aromatic rings. The zero-order valence-electron chi connectivity index (χ0n) is 8.59. The summed E-state index contributed by atoms with van der Waals surface area (Å²) in [6, 6.07) is 0.305. The molecule has 0 amide bonds. The van der Waals surface area contributed by atoms with Crippen molar-refractivity contribution in [2.75, 3.05) is 26.3 Å². The second-order valence-corrected chi connectivity index (χ2v) is 4.03. The minimum absolute atomic E-state index is 0.305. The maximum atomic E-state index is 5.61. The van der Waals surface area contributed by atoms with Crippen LogP contribution < -0.4 is 11.1 Å². The number of hydrogen-bond acceptors (Lipinski definition) is 3. The molecule has 3 N–H and O–H groups in total. The summed E-state index contributed by atoms with van der Waals surface area (Å²) in [6.45, 7) is 5.81. The van der Waals surface area contributed by atoms with Crippen molar-refractivity contribution in [2.45, 2.75) is 32.2 Å². The van der Waals surface area contributed by atoms with Crippen LogP contribution in [0, 0.1) is 5.92 Å². The third-order valence-corrected chi connectivity index (χ3v) is 2.25. The average Bonchev–Trinajstić information content (AvgIpc) is 2.86. The molecule has 1 rings (SSSR count). The first-order valence-electron chi connectivity index (χ1n) is 5.33. The van der Waals surface area contributed by atoms with E-state index >= 15 is 0 Å². The molecule has 1 atom stereocenters. The van der Waals surface area contributed by atoms with Crippen LogP contribution in [0.4, 0.5) is 0 Å². The molecule has 0 radical (unpaired) electrons. The maximum absolute atomic E-state index is 5.61. The molecule has 1 aliphatic carbocycles. The molecule has 3 nitrogen and oxygen atoms in total. The van der Waals surface area contributed by atoms with Gasteiger partial charge in [-0.1, -0.05) is 0 Å². The van der Waals surface area contributed by atoms with E-state index in [2.05, 4.69) is 5.32 Å². The lowest BCUT2D eigenvalue weighted by atomic mass is 10.2. The molecule has 0 spiro atoms. The lowest BCUT2D eigenvalue weighted by Gasteiger charge is -2.07. The summed E-state index contributed by atoms with van der Waals surface area (Å²) in [7, 11) is 0. The molecule has 1 aliphatic rings. The monoisotopic (exact) mass is 186 g/mol. The SMILES string of the molecule is CC(N)CCNCCOCC1CC1. The van der Waals surface area contributed by atoms with E-state index in [1.54, 1.807) is 0 Å². The third-order valence-electron chi connectivity index (χ3n) is 2.25. The normalized spacial score (nSPS) is 18.9. The predicted octanol–water partition coefficient (Wildman–Crippen LogP) is 0.740. The van der Waals surface area contributed by atoms with Crippen LogP contribution in [0.1, 0.15) is 26.2 Å². The van der Waals surface area contributed by atoms with Gasteiger partial charge in [0.05, 0.1) is 6.61 Å². The first-order chi connectivity index (χ1) is 6.29. The minimum atomic E-state index is 0.305. The molecule has 0 aliphatic heterocycles. The van der Waals surface area contributed by atoms with E-state index in [0.717, 1.165) is 38.6 Å². The van der Waals surface area contributed by atoms with Crippen molar-refractivity contribution in [2.24, 2.45) is 11.7 Å². The molecule has 0 aromatic carbocycles. The van der Waals surface area contributed by atoms with Crippen LogP contribution in [-0.4, -0.2) is 32.3 Å². The second-order valence-electron chi connectivity index (χ2n) is 4.03. The Kier molecular flexibility index (Phi) is 5.35. The van der Waals surface area contributed by atoms with Gasteiger partial charge in [0.25, 0.3) is 0 Å². The molecule has 1 unspecified atom stereocenters. The largest absolute Gasteiger partial charge is 0.380 e. The Bertz CT molecular complexity index is 118. The second kappa shape index (κ2) is 6.35. The Balaban J connectivity index is 1.68. The van der Waals surface area contributed by atoms with Gasteiger partial charge in [0.1, 0.15) is 0 Å². The van der Waals surface area contributed by atoms with E-state index in [9.17, 15) is 0 Å². The number of nitrogens with one attached hydrogen (secondary N) is 1. The number of rotatable bonds is 8. The van der Waals surface area contributed by atoms with Gasteiger partial charge in [-0.15, -0.1) is 0 Å². The third kappa shape index (κ3) is 6.99. The van der Waals surface area contributed by atoms with Crippen LogP contribution in [0.15, 0.2) is 0 Å². The smallest absolute Gasteiger partial charge is 0.0591 e. The summed E-state index contributed by atoms with van der Waals surface area (Å²) in [5, 5.41) is 3.31. The zero-order chi connectivity index (χ0) is 9.52. The summed E-state index contributed by atoms with van der Waals surface area (Å²) in [5.74, 6) is 0.879. The maximum Gasteiger partial charge on any atom is 0.0591 e. The van der Waals surface area contributed by atoms with Crippen molar-refractivity contribution in [3.8, 4) is 0 Å². The highest BCUT2D eigenvalue weighted by Crippen LogP contribution is 2.28. The molecule has 3 heteroatoms. The van der Waals surface area contributed by atoms with Gasteiger partial charge < -0.3 is 15.8 Å². The summed E-state index contributed by atoms with van der Waals surface area (Å²) >= 11 is 0. The first kappa shape index (κ1) is 11.0. The van der Waals surface area contributed by atoms with Gasteiger partial charge in [0.15, 0.2) is 0 Å². The topological polar surface area (TPSA) is 47.3 Å². The van der Waals surface area contributed by atoms with E-state index < -0.39 is 0 Å². The van der Waals surface area contributed by atoms with E-state index in [-0.39, 0.29) is 0 Å². The summed E-state index contributed by atoms with van der Waals surface area (Å²) in [5.41, 5.74) is 5.61. The summed E-state index contributed by atoms with van der Waals surface area (Å²) in [4.78, 5) is 0. The highest BCUT2D eigenvalue weighted by molar-refractivity contribution is 4.71. The van der Waals surface area contributed by atoms with Gasteiger partial charge in [-0.3, -0.25) is 0 Å². The van der Waals surface area contributed by atoms with Gasteiger partial charge in [-0.25, -0.2) is 0 Å². The highest BCUT2D eigenvalue weighted by Gasteiger charge is 2.20. The quantitative estimate of drug-likeness (QED) is 0.550. The molecule has 0 aromatic heterocycles. The van der Waals surface area contributed by atoms with E-state index in [1.807, 2.05) is 6.92 Å². The molecule has 78 valence electrons. The first-order valence-corrected chi connectivity index (χ1v) is 5.33. The lowest BCUT2D eigenvalue weighted by Crippen LogP contribution is -2.26. The van der Waals surface area contributed by atoms with E-state index in [4.69, 9.17) is 10.5 Å². The number of ether oxygens (including phenoxy) is 1. The lowest BCUT2D eigenvalue weighted by molar-refractivity contribution is 0.126. The standard InChI is InChI=1S/C10H22N2O/c1-9(11)4-5-12-6-7-13-8-10-2-3-10/h9-10,12H,2-8,11H2,1H3. The van der Waals surface area contributed by atoms with Gasteiger partial charge in [-0.05, 0) is 38.6 Å². The zero-order valence-corrected chi connectivity index (χ0v) is 8.59. The van der Waals surface area contributed by atoms with Crippen molar-refractivity contribution in [1.29, 1.82) is 0 Å². The van der Waals surface area contributed by atoms with E-state index in [1.165, 1.54) is 12.8 Å². The highest BCUT2D eigenvalue weighted by atomic mass is 16.5. The fraction of sp³-hybridized carbons (Fsp3) is 1.00. The Morgan fingerprint density at radius 2 is 2.23 bits per heavy atom. The molecular weight excluding hydrogens is 164 g/mol. The molecule has 0 bridgehead atoms. The molecule has 13 heavy (non-hydrogen) atoms. The molecular formula is C10H22N2O. The van der Waals surface area contributed by atoms with Crippen LogP contribution in [0.3, 0.4) is 0 Å². The molecule has 1 saturated carbocycles. The van der Waals surface area contributed by atoms with Gasteiger partial charge >= 0.3 is 0 Å². The molecule has 1 fully saturated rings. The molecule has 0 saturated heterocycles. The predicted molar refractivity (Wildman–Crippen MR) is 54.7 cm³/mol. The van der Waals surface area contributed by atoms with Gasteiger partial charge in [0.2, 0.25) is 0 Å². The fourth-order valence-electron chi connectivity index (χ4n) is 1.13. The van der Waals surface area contributed by atoms with Crippen LogP contribution >= 0.6 is 0 Å². The number of hydrogen-bond donors (Lipinski definition) is 2. The van der Waals surface area contributed by atoms with E-state index in [0.29, 0.717) is 6.04 Å². The Hall–Kier alpha value is -0.120. The Morgan fingerprint density at radius 3 is 2.85 bits per heavy atom. The van der Waals surface area contributed by atoms with Crippen LogP contribution in [0.5, 0.6) is 0 Å². The average molecular weight is 186 g/mol. The van der Waals surface area contributed by atoms with Gasteiger partial charge in [0, 0.05) is 19.2 Å². The van der Waals surface area contributed by atoms with Crippen LogP contribution in [0.2, 0.25) is 0 Å². The van der Waals surface area contributed by atoms with Crippen LogP contribution in [0.25, 0.3) is 0 Å². The Labute approximate surface area is 81.0 Å². The van der Waals surface area contributed by atoms with Crippen LogP contribution in [-0.2, 0) is 4.74 Å². The Morgan fingerprint density at radius 1 is 1.46 bits per heavy atom. The van der Waals surface area contributed by atoms with Crippen molar-refractivity contribution in [3.63, 3.8) is 0 Å². The van der Waals surface area contributed by atoms with Crippen molar-refractivity contribution in [1.82, 2.24) is 5.32 Å². The fourth-order valence-corrected chi connectivity index (χ4v) is 1.13. The van der Waals surface area contributed by atoms with Crippen molar-refractivity contribution in [3.05, 3.63) is 0 Å². The molecule has 0 heterocycles. The minimum Gasteiger partial charge on any atom is -0.380 e.